The maximum absolute atomic E-state index is 12.8. The van der Waals surface area contributed by atoms with Gasteiger partial charge in [0, 0.05) is 9.81 Å². The minimum Gasteiger partial charge on any atom is -0.264 e. The van der Waals surface area contributed by atoms with Crippen molar-refractivity contribution < 1.29 is 38.6 Å². The van der Waals surface area contributed by atoms with Gasteiger partial charge in [-0.15, -0.1) is 0 Å². The summed E-state index contributed by atoms with van der Waals surface area (Å²) in [7, 11) is -8.69. The van der Waals surface area contributed by atoms with Crippen molar-refractivity contribution in [3.05, 3.63) is 129 Å². The highest BCUT2D eigenvalue weighted by Crippen LogP contribution is 2.38. The van der Waals surface area contributed by atoms with Crippen LogP contribution in [0.1, 0.15) is 22.3 Å². The van der Waals surface area contributed by atoms with E-state index in [0.29, 0.717) is 33.1 Å². The van der Waals surface area contributed by atoms with Gasteiger partial charge in [0.25, 0.3) is 0 Å². The first kappa shape index (κ1) is 35.2. The van der Waals surface area contributed by atoms with Crippen molar-refractivity contribution in [3.8, 4) is 12.1 Å². The van der Waals surface area contributed by atoms with Gasteiger partial charge in [0.15, 0.2) is 0 Å². The van der Waals surface area contributed by atoms with Crippen LogP contribution in [0.5, 0.6) is 0 Å². The number of hydrogen-bond donors (Lipinski definition) is 0. The van der Waals surface area contributed by atoms with Crippen LogP contribution in [0.2, 0.25) is 0 Å². The summed E-state index contributed by atoms with van der Waals surface area (Å²) in [4.78, 5) is 0.248. The van der Waals surface area contributed by atoms with Gasteiger partial charge in [0.2, 0.25) is 0 Å². The van der Waals surface area contributed by atoms with E-state index in [1.165, 1.54) is 30.4 Å². The fourth-order valence-electron chi connectivity index (χ4n) is 4.15. The van der Waals surface area contributed by atoms with Gasteiger partial charge >= 0.3 is 26.4 Å². The molecule has 3 aromatic carbocycles. The summed E-state index contributed by atoms with van der Waals surface area (Å²) in [5.74, 6) is 0. The molecule has 0 unspecified atom stereocenters. The van der Waals surface area contributed by atoms with Crippen molar-refractivity contribution in [2.24, 2.45) is 10.3 Å². The number of thioether (sulfide) groups is 2. The van der Waals surface area contributed by atoms with Crippen molar-refractivity contribution in [2.45, 2.75) is 22.9 Å². The number of halogens is 3. The molecule has 2 aliphatic heterocycles. The monoisotopic (exact) mass is 740 g/mol. The van der Waals surface area contributed by atoms with Crippen molar-refractivity contribution in [1.29, 1.82) is 10.5 Å². The molecule has 0 saturated heterocycles. The highest BCUT2D eigenvalue weighted by atomic mass is 32.2. The summed E-state index contributed by atoms with van der Waals surface area (Å²) in [5.41, 5.74) is 1.11. The predicted octanol–water partition coefficient (Wildman–Crippen LogP) is 7.53. The van der Waals surface area contributed by atoms with E-state index >= 15 is 0 Å². The lowest BCUT2D eigenvalue weighted by Crippen LogP contribution is -2.07. The fourth-order valence-corrected chi connectivity index (χ4v) is 7.39. The Morgan fingerprint density at radius 2 is 1.12 bits per heavy atom. The zero-order valence-electron chi connectivity index (χ0n) is 24.7. The van der Waals surface area contributed by atoms with E-state index in [-0.39, 0.29) is 26.1 Å². The molecule has 2 heterocycles. The Balaban J connectivity index is 1.31. The normalized spacial score (nSPS) is 18.3. The van der Waals surface area contributed by atoms with Crippen molar-refractivity contribution in [1.82, 2.24) is 0 Å². The summed E-state index contributed by atoms with van der Waals surface area (Å²) in [5, 5.41) is 27.6. The van der Waals surface area contributed by atoms with E-state index in [2.05, 4.69) is 26.7 Å². The lowest BCUT2D eigenvalue weighted by Gasteiger charge is -2.08. The molecule has 49 heavy (non-hydrogen) atoms. The maximum Gasteiger partial charge on any atom is 0.416 e. The zero-order chi connectivity index (χ0) is 35.4. The average Bonchev–Trinajstić information content (AvgIpc) is 3.74. The highest BCUT2D eigenvalue weighted by Gasteiger charge is 2.31. The first-order valence-corrected chi connectivity index (χ1v) is 18.0. The van der Waals surface area contributed by atoms with Crippen LogP contribution in [0, 0.1) is 29.6 Å². The Hall–Kier alpha value is -5.07. The first-order chi connectivity index (χ1) is 23.2. The standard InChI is InChI=1S/C32H19F3N4O6S4/c1-20-5-9-24(10-6-20)48(40,41)44-38-30-15-13-28(46-30)26(18-36)21-3-2-4-22(17-21)27(19-37)29-14-16-31(47-29)39-45-49(42,43)25-11-7-23(8-12-25)32(33,34)35/h2-17H,1H3/b28-26+,29-27+,38-30-,39-31-. The average molecular weight is 741 g/mol. The number of rotatable bonds is 8. The Kier molecular flexibility index (Phi) is 10.2. The van der Waals surface area contributed by atoms with E-state index in [1.807, 2.05) is 6.92 Å². The van der Waals surface area contributed by atoms with Gasteiger partial charge in [-0.05, 0) is 84.8 Å². The SMILES string of the molecule is Cc1ccc(S(=O)(=O)O/N=C2C=C/C(=C(/C#N)c3cccc(/C(C#N)=C4C=C/C(=N/OS(=O)(=O)c5ccc(C(F)(F)F)cc5)S\4)c3)S/2)cc1. The summed E-state index contributed by atoms with van der Waals surface area (Å²) in [6.07, 6.45) is 1.34. The molecule has 2 aliphatic rings. The second kappa shape index (κ2) is 14.2. The van der Waals surface area contributed by atoms with Crippen LogP contribution in [-0.2, 0) is 35.0 Å². The van der Waals surface area contributed by atoms with Crippen LogP contribution in [0.3, 0.4) is 0 Å². The molecule has 17 heteroatoms. The molecular formula is C32H19F3N4O6S4. The van der Waals surface area contributed by atoms with E-state index in [9.17, 15) is 40.5 Å². The van der Waals surface area contributed by atoms with Crippen LogP contribution >= 0.6 is 23.5 Å². The van der Waals surface area contributed by atoms with Crippen LogP contribution < -0.4 is 0 Å². The summed E-state index contributed by atoms with van der Waals surface area (Å²) in [6, 6.07) is 19.5. The molecule has 0 radical (unpaired) electrons. The van der Waals surface area contributed by atoms with Gasteiger partial charge in [0.1, 0.15) is 32.0 Å². The van der Waals surface area contributed by atoms with E-state index < -0.39 is 36.9 Å². The van der Waals surface area contributed by atoms with Crippen LogP contribution in [0.15, 0.2) is 127 Å². The Bertz CT molecular complexity index is 2310. The molecule has 0 saturated carbocycles. The molecule has 0 bridgehead atoms. The lowest BCUT2D eigenvalue weighted by molar-refractivity contribution is -0.137. The van der Waals surface area contributed by atoms with Gasteiger partial charge < -0.3 is 0 Å². The minimum atomic E-state index is -4.64. The molecule has 0 aromatic heterocycles. The van der Waals surface area contributed by atoms with Gasteiger partial charge in [-0.3, -0.25) is 8.57 Å². The third-order valence-corrected chi connectivity index (χ3v) is 10.8. The number of oxime groups is 2. The second-order valence-electron chi connectivity index (χ2n) is 9.91. The lowest BCUT2D eigenvalue weighted by atomic mass is 9.99. The smallest absolute Gasteiger partial charge is 0.264 e. The summed E-state index contributed by atoms with van der Waals surface area (Å²) >= 11 is 1.93. The third-order valence-electron chi connectivity index (χ3n) is 6.57. The second-order valence-corrected chi connectivity index (χ2v) is 15.1. The van der Waals surface area contributed by atoms with Crippen LogP contribution in [-0.4, -0.2) is 26.9 Å². The fraction of sp³-hybridized carbons (Fsp3) is 0.0625. The molecule has 248 valence electrons. The molecule has 0 atom stereocenters. The van der Waals surface area contributed by atoms with Gasteiger partial charge in [0.05, 0.1) is 16.7 Å². The Morgan fingerprint density at radius 1 is 0.694 bits per heavy atom. The maximum atomic E-state index is 12.8. The van der Waals surface area contributed by atoms with Crippen LogP contribution in [0.4, 0.5) is 13.2 Å². The van der Waals surface area contributed by atoms with Gasteiger partial charge in [-0.25, -0.2) is 0 Å². The number of nitrogens with zero attached hydrogens (tertiary/aromatic N) is 4. The van der Waals surface area contributed by atoms with Crippen molar-refractivity contribution >= 4 is 65.0 Å². The molecule has 5 rings (SSSR count). The molecule has 0 spiro atoms. The topological polar surface area (TPSA) is 159 Å². The third kappa shape index (κ3) is 8.33. The summed E-state index contributed by atoms with van der Waals surface area (Å²) < 4.78 is 97.9. The Morgan fingerprint density at radius 3 is 1.53 bits per heavy atom. The number of allylic oxidation sites excluding steroid dienone is 4. The Labute approximate surface area is 287 Å². The van der Waals surface area contributed by atoms with Gasteiger partial charge in [-0.1, -0.05) is 69.7 Å². The van der Waals surface area contributed by atoms with E-state index in [1.54, 1.807) is 42.5 Å². The molecule has 0 fully saturated rings. The molecule has 10 nitrogen and oxygen atoms in total. The number of aryl methyl sites for hydroxylation is 1. The number of nitriles is 2. The van der Waals surface area contributed by atoms with E-state index in [4.69, 9.17) is 4.28 Å². The predicted molar refractivity (Wildman–Crippen MR) is 179 cm³/mol. The molecule has 0 amide bonds. The highest BCUT2D eigenvalue weighted by molar-refractivity contribution is 8.18. The van der Waals surface area contributed by atoms with Gasteiger partial charge in [-0.2, -0.15) is 40.5 Å². The largest absolute Gasteiger partial charge is 0.416 e. The minimum absolute atomic E-state index is 0.0557. The first-order valence-electron chi connectivity index (χ1n) is 13.6. The molecule has 0 aliphatic carbocycles. The van der Waals surface area contributed by atoms with Crippen LogP contribution in [0.25, 0.3) is 11.1 Å². The zero-order valence-corrected chi connectivity index (χ0v) is 28.0. The summed E-state index contributed by atoms with van der Waals surface area (Å²) in [6.45, 7) is 1.81. The van der Waals surface area contributed by atoms with Crippen molar-refractivity contribution in [3.63, 3.8) is 0 Å². The van der Waals surface area contributed by atoms with E-state index in [0.717, 1.165) is 41.2 Å². The molecular weight excluding hydrogens is 722 g/mol. The number of hydrogen-bond acceptors (Lipinski definition) is 12. The molecule has 0 N–H and O–H groups in total. The van der Waals surface area contributed by atoms with Crippen molar-refractivity contribution in [2.75, 3.05) is 0 Å². The molecule has 3 aromatic rings. The quantitative estimate of drug-likeness (QED) is 0.167. The number of benzene rings is 3. The number of alkyl halides is 3.